The molecule has 0 saturated heterocycles. The first-order chi connectivity index (χ1) is 8.65. The van der Waals surface area contributed by atoms with Gasteiger partial charge in [0, 0.05) is 0 Å². The fraction of sp³-hybridized carbons (Fsp3) is 0. The second-order valence-corrected chi connectivity index (χ2v) is 4.25. The summed E-state index contributed by atoms with van der Waals surface area (Å²) in [6.45, 7) is 0. The Hall–Kier alpha value is -1.72. The van der Waals surface area contributed by atoms with Gasteiger partial charge in [0.1, 0.15) is 11.0 Å². The van der Waals surface area contributed by atoms with Crippen LogP contribution in [0.4, 0.5) is 4.39 Å². The van der Waals surface area contributed by atoms with Crippen LogP contribution in [-0.4, -0.2) is 19.7 Å². The minimum atomic E-state index is -0.359. The van der Waals surface area contributed by atoms with Crippen LogP contribution in [0.2, 0.25) is 10.4 Å². The number of halogens is 3. The quantitative estimate of drug-likeness (QED) is 0.508. The summed E-state index contributed by atoms with van der Waals surface area (Å²) in [5, 5.41) is 4.91. The summed E-state index contributed by atoms with van der Waals surface area (Å²) in [5.41, 5.74) is 0.974. The van der Waals surface area contributed by atoms with E-state index in [0.29, 0.717) is 16.7 Å². The molecule has 0 aliphatic heterocycles. The van der Waals surface area contributed by atoms with Gasteiger partial charge in [-0.1, -0.05) is 17.7 Å². The van der Waals surface area contributed by atoms with E-state index in [9.17, 15) is 4.39 Å². The predicted molar refractivity (Wildman–Crippen MR) is 66.6 cm³/mol. The monoisotopic (exact) mass is 282 g/mol. The molecule has 0 N–H and O–H groups in total. The molecule has 4 nitrogen and oxygen atoms in total. The fourth-order valence-corrected chi connectivity index (χ4v) is 2.07. The standard InChI is InChI=1S/C11H5Cl2FN4/c12-9-8-5-15-18(10(8)17-11(13)16-9)7-3-1-2-6(14)4-7/h1-5H. The maximum atomic E-state index is 13.2. The van der Waals surface area contributed by atoms with Crippen molar-refractivity contribution in [2.24, 2.45) is 0 Å². The largest absolute Gasteiger partial charge is 0.225 e. The normalized spacial score (nSPS) is 11.1. The molecule has 0 amide bonds. The summed E-state index contributed by atoms with van der Waals surface area (Å²) < 4.78 is 14.6. The molecule has 2 aromatic heterocycles. The molecule has 0 aliphatic rings. The van der Waals surface area contributed by atoms with E-state index in [2.05, 4.69) is 15.1 Å². The molecule has 1 aromatic carbocycles. The SMILES string of the molecule is Fc1cccc(-n2ncc3c(Cl)nc(Cl)nc32)c1. The van der Waals surface area contributed by atoms with Crippen LogP contribution in [0, 0.1) is 5.82 Å². The third-order valence-corrected chi connectivity index (χ3v) is 2.86. The number of nitrogens with zero attached hydrogens (tertiary/aromatic N) is 4. The van der Waals surface area contributed by atoms with Gasteiger partial charge in [-0.05, 0) is 29.8 Å². The van der Waals surface area contributed by atoms with E-state index in [4.69, 9.17) is 23.2 Å². The lowest BCUT2D eigenvalue weighted by molar-refractivity contribution is 0.625. The first kappa shape index (κ1) is 11.4. The van der Waals surface area contributed by atoms with E-state index in [1.54, 1.807) is 12.1 Å². The van der Waals surface area contributed by atoms with Crippen LogP contribution in [-0.2, 0) is 0 Å². The molecule has 3 aromatic rings. The first-order valence-electron chi connectivity index (χ1n) is 4.98. The second-order valence-electron chi connectivity index (χ2n) is 3.56. The van der Waals surface area contributed by atoms with Crippen molar-refractivity contribution in [1.82, 2.24) is 19.7 Å². The smallest absolute Gasteiger partial charge is 0.214 e. The second kappa shape index (κ2) is 4.19. The van der Waals surface area contributed by atoms with Crippen LogP contribution >= 0.6 is 23.2 Å². The predicted octanol–water partition coefficient (Wildman–Crippen LogP) is 3.26. The molecule has 0 saturated carbocycles. The minimum Gasteiger partial charge on any atom is -0.214 e. The van der Waals surface area contributed by atoms with Gasteiger partial charge < -0.3 is 0 Å². The van der Waals surface area contributed by atoms with E-state index in [1.807, 2.05) is 0 Å². The van der Waals surface area contributed by atoms with E-state index in [-0.39, 0.29) is 16.3 Å². The van der Waals surface area contributed by atoms with Gasteiger partial charge in [-0.25, -0.2) is 14.1 Å². The molecule has 0 spiro atoms. The van der Waals surface area contributed by atoms with Crippen molar-refractivity contribution >= 4 is 34.2 Å². The summed E-state index contributed by atoms with van der Waals surface area (Å²) in [6.07, 6.45) is 1.51. The number of fused-ring (bicyclic) bond motifs is 1. The molecule has 0 fully saturated rings. The molecule has 2 heterocycles. The molecule has 18 heavy (non-hydrogen) atoms. The molecule has 90 valence electrons. The fourth-order valence-electron chi connectivity index (χ4n) is 1.65. The maximum Gasteiger partial charge on any atom is 0.225 e. The van der Waals surface area contributed by atoms with Crippen LogP contribution < -0.4 is 0 Å². The zero-order valence-electron chi connectivity index (χ0n) is 8.81. The van der Waals surface area contributed by atoms with Crippen molar-refractivity contribution in [1.29, 1.82) is 0 Å². The Morgan fingerprint density at radius 1 is 1.17 bits per heavy atom. The Balaban J connectivity index is 2.30. The van der Waals surface area contributed by atoms with Crippen molar-refractivity contribution in [3.63, 3.8) is 0 Å². The van der Waals surface area contributed by atoms with Gasteiger partial charge in [-0.3, -0.25) is 0 Å². The Morgan fingerprint density at radius 3 is 2.78 bits per heavy atom. The van der Waals surface area contributed by atoms with Crippen molar-refractivity contribution in [2.45, 2.75) is 0 Å². The van der Waals surface area contributed by atoms with Crippen LogP contribution in [0.1, 0.15) is 0 Å². The molecule has 0 bridgehead atoms. The van der Waals surface area contributed by atoms with E-state index in [0.717, 1.165) is 0 Å². The van der Waals surface area contributed by atoms with Gasteiger partial charge in [-0.2, -0.15) is 10.1 Å². The van der Waals surface area contributed by atoms with Crippen LogP contribution in [0.15, 0.2) is 30.5 Å². The lowest BCUT2D eigenvalue weighted by Crippen LogP contribution is -1.98. The third-order valence-electron chi connectivity index (χ3n) is 2.41. The first-order valence-corrected chi connectivity index (χ1v) is 5.73. The van der Waals surface area contributed by atoms with E-state index < -0.39 is 0 Å². The number of rotatable bonds is 1. The van der Waals surface area contributed by atoms with Crippen molar-refractivity contribution in [3.05, 3.63) is 46.7 Å². The highest BCUT2D eigenvalue weighted by Crippen LogP contribution is 2.23. The van der Waals surface area contributed by atoms with Gasteiger partial charge in [0.05, 0.1) is 17.3 Å². The molecule has 3 rings (SSSR count). The summed E-state index contributed by atoms with van der Waals surface area (Å²) in [4.78, 5) is 7.87. The zero-order chi connectivity index (χ0) is 12.7. The molecule has 0 atom stereocenters. The molecule has 0 radical (unpaired) electrons. The highest BCUT2D eigenvalue weighted by Gasteiger charge is 2.12. The summed E-state index contributed by atoms with van der Waals surface area (Å²) in [7, 11) is 0. The molecule has 0 aliphatic carbocycles. The van der Waals surface area contributed by atoms with E-state index >= 15 is 0 Å². The lowest BCUT2D eigenvalue weighted by atomic mass is 10.3. The zero-order valence-corrected chi connectivity index (χ0v) is 10.3. The molecule has 7 heteroatoms. The molecule has 0 unspecified atom stereocenters. The highest BCUT2D eigenvalue weighted by atomic mass is 35.5. The van der Waals surface area contributed by atoms with Crippen molar-refractivity contribution in [3.8, 4) is 5.69 Å². The highest BCUT2D eigenvalue weighted by molar-refractivity contribution is 6.35. The number of hydrogen-bond donors (Lipinski definition) is 0. The summed E-state index contributed by atoms with van der Waals surface area (Å²) >= 11 is 11.7. The van der Waals surface area contributed by atoms with Crippen LogP contribution in [0.3, 0.4) is 0 Å². The Kier molecular flexibility index (Phi) is 2.65. The third kappa shape index (κ3) is 1.81. The minimum absolute atomic E-state index is 0.0191. The van der Waals surface area contributed by atoms with Gasteiger partial charge in [0.2, 0.25) is 5.28 Å². The summed E-state index contributed by atoms with van der Waals surface area (Å²) in [6, 6.07) is 5.99. The number of aromatic nitrogens is 4. The van der Waals surface area contributed by atoms with E-state index in [1.165, 1.54) is 23.0 Å². The summed E-state index contributed by atoms with van der Waals surface area (Å²) in [5.74, 6) is -0.359. The Morgan fingerprint density at radius 2 is 2.00 bits per heavy atom. The van der Waals surface area contributed by atoms with Crippen LogP contribution in [0.5, 0.6) is 0 Å². The van der Waals surface area contributed by atoms with Crippen molar-refractivity contribution < 1.29 is 4.39 Å². The van der Waals surface area contributed by atoms with Gasteiger partial charge in [-0.15, -0.1) is 0 Å². The van der Waals surface area contributed by atoms with Crippen LogP contribution in [0.25, 0.3) is 16.7 Å². The topological polar surface area (TPSA) is 43.6 Å². The average molecular weight is 283 g/mol. The Bertz CT molecular complexity index is 741. The van der Waals surface area contributed by atoms with Gasteiger partial charge in [0.15, 0.2) is 5.65 Å². The average Bonchev–Trinajstić information content (AvgIpc) is 2.72. The van der Waals surface area contributed by atoms with Gasteiger partial charge in [0.25, 0.3) is 0 Å². The number of hydrogen-bond acceptors (Lipinski definition) is 3. The number of benzene rings is 1. The molecular weight excluding hydrogens is 278 g/mol. The molecular formula is C11H5Cl2FN4. The van der Waals surface area contributed by atoms with Crippen molar-refractivity contribution in [2.75, 3.05) is 0 Å². The Labute approximate surface area is 111 Å². The maximum absolute atomic E-state index is 13.2. The lowest BCUT2D eigenvalue weighted by Gasteiger charge is -2.03. The van der Waals surface area contributed by atoms with Gasteiger partial charge >= 0.3 is 0 Å².